The monoisotopic (exact) mass is 376 g/mol. The Morgan fingerprint density at radius 1 is 1.17 bits per heavy atom. The highest BCUT2D eigenvalue weighted by molar-refractivity contribution is 9.10. The third-order valence-corrected chi connectivity index (χ3v) is 4.01. The summed E-state index contributed by atoms with van der Waals surface area (Å²) in [5.74, 6) is 0. The Kier molecular flexibility index (Phi) is 8.99. The standard InChI is InChI=1S/C15H22Br2O/c1-2-3-4-5-6-10-18-15(12-16)13-8-7-9-14(17)11-13/h7-9,11,15H,2-6,10,12H2,1H3. The van der Waals surface area contributed by atoms with Crippen molar-refractivity contribution in [2.24, 2.45) is 0 Å². The van der Waals surface area contributed by atoms with Gasteiger partial charge in [0.15, 0.2) is 0 Å². The highest BCUT2D eigenvalue weighted by Crippen LogP contribution is 2.23. The van der Waals surface area contributed by atoms with E-state index in [2.05, 4.69) is 57.0 Å². The topological polar surface area (TPSA) is 9.23 Å². The number of ether oxygens (including phenoxy) is 1. The van der Waals surface area contributed by atoms with Gasteiger partial charge in [-0.25, -0.2) is 0 Å². The molecule has 0 aliphatic carbocycles. The molecule has 0 aliphatic rings. The van der Waals surface area contributed by atoms with E-state index >= 15 is 0 Å². The van der Waals surface area contributed by atoms with Crippen molar-refractivity contribution in [3.05, 3.63) is 34.3 Å². The Hall–Kier alpha value is 0.140. The lowest BCUT2D eigenvalue weighted by Crippen LogP contribution is -2.07. The highest BCUT2D eigenvalue weighted by atomic mass is 79.9. The van der Waals surface area contributed by atoms with Gasteiger partial charge in [-0.3, -0.25) is 0 Å². The first-order valence-corrected chi connectivity index (χ1v) is 8.62. The minimum Gasteiger partial charge on any atom is -0.373 e. The van der Waals surface area contributed by atoms with Crippen molar-refractivity contribution in [1.29, 1.82) is 0 Å². The number of alkyl halides is 1. The normalized spacial score (nSPS) is 12.6. The van der Waals surface area contributed by atoms with Crippen LogP contribution in [0.2, 0.25) is 0 Å². The van der Waals surface area contributed by atoms with E-state index in [1.165, 1.54) is 31.2 Å². The number of unbranched alkanes of at least 4 members (excludes halogenated alkanes) is 4. The maximum atomic E-state index is 5.94. The molecular formula is C15H22Br2O. The lowest BCUT2D eigenvalue weighted by molar-refractivity contribution is 0.0667. The molecule has 1 nitrogen and oxygen atoms in total. The molecule has 0 heterocycles. The average Bonchev–Trinajstić information content (AvgIpc) is 2.38. The molecule has 0 fully saturated rings. The van der Waals surface area contributed by atoms with Crippen LogP contribution in [0.5, 0.6) is 0 Å². The number of halogens is 2. The van der Waals surface area contributed by atoms with Gasteiger partial charge >= 0.3 is 0 Å². The minimum atomic E-state index is 0.161. The second-order valence-corrected chi connectivity index (χ2v) is 6.05. The van der Waals surface area contributed by atoms with Crippen molar-refractivity contribution in [2.45, 2.75) is 45.1 Å². The lowest BCUT2D eigenvalue weighted by atomic mass is 10.1. The van der Waals surface area contributed by atoms with Gasteiger partial charge in [0.05, 0.1) is 6.10 Å². The second kappa shape index (κ2) is 9.99. The predicted molar refractivity (Wildman–Crippen MR) is 85.4 cm³/mol. The lowest BCUT2D eigenvalue weighted by Gasteiger charge is -2.16. The largest absolute Gasteiger partial charge is 0.373 e. The Labute approximate surface area is 128 Å². The zero-order valence-corrected chi connectivity index (χ0v) is 14.2. The first kappa shape index (κ1) is 16.2. The summed E-state index contributed by atoms with van der Waals surface area (Å²) < 4.78 is 7.05. The van der Waals surface area contributed by atoms with Gasteiger partial charge in [-0.2, -0.15) is 0 Å². The summed E-state index contributed by atoms with van der Waals surface area (Å²) in [6, 6.07) is 8.34. The van der Waals surface area contributed by atoms with E-state index in [1.54, 1.807) is 0 Å². The van der Waals surface area contributed by atoms with Crippen LogP contribution in [0.4, 0.5) is 0 Å². The summed E-state index contributed by atoms with van der Waals surface area (Å²) in [4.78, 5) is 0. The summed E-state index contributed by atoms with van der Waals surface area (Å²) in [5, 5.41) is 0.846. The van der Waals surface area contributed by atoms with Gasteiger partial charge in [0.2, 0.25) is 0 Å². The Morgan fingerprint density at radius 2 is 1.94 bits per heavy atom. The maximum Gasteiger partial charge on any atom is 0.0922 e. The molecule has 1 unspecified atom stereocenters. The fourth-order valence-electron chi connectivity index (χ4n) is 1.87. The second-order valence-electron chi connectivity index (χ2n) is 4.48. The van der Waals surface area contributed by atoms with Crippen molar-refractivity contribution in [3.63, 3.8) is 0 Å². The van der Waals surface area contributed by atoms with Gasteiger partial charge < -0.3 is 4.74 Å². The fourth-order valence-corrected chi connectivity index (χ4v) is 2.85. The SMILES string of the molecule is CCCCCCCOC(CBr)c1cccc(Br)c1. The van der Waals surface area contributed by atoms with E-state index in [9.17, 15) is 0 Å². The molecular weight excluding hydrogens is 356 g/mol. The van der Waals surface area contributed by atoms with Gasteiger partial charge in [-0.15, -0.1) is 0 Å². The Bertz CT molecular complexity index is 328. The van der Waals surface area contributed by atoms with Crippen LogP contribution < -0.4 is 0 Å². The van der Waals surface area contributed by atoms with E-state index in [-0.39, 0.29) is 6.10 Å². The molecule has 0 spiro atoms. The third kappa shape index (κ3) is 6.35. The van der Waals surface area contributed by atoms with Crippen molar-refractivity contribution >= 4 is 31.9 Å². The molecule has 0 amide bonds. The van der Waals surface area contributed by atoms with Crippen molar-refractivity contribution in [1.82, 2.24) is 0 Å². The van der Waals surface area contributed by atoms with E-state index < -0.39 is 0 Å². The predicted octanol–water partition coefficient (Wildman–Crippen LogP) is 5.87. The molecule has 0 saturated carbocycles. The average molecular weight is 378 g/mol. The van der Waals surface area contributed by atoms with E-state index in [4.69, 9.17) is 4.74 Å². The van der Waals surface area contributed by atoms with Crippen molar-refractivity contribution < 1.29 is 4.74 Å². The molecule has 1 aromatic rings. The quantitative estimate of drug-likeness (QED) is 0.386. The maximum absolute atomic E-state index is 5.94. The molecule has 1 rings (SSSR count). The van der Waals surface area contributed by atoms with Gasteiger partial charge in [-0.1, -0.05) is 76.6 Å². The van der Waals surface area contributed by atoms with Gasteiger partial charge in [0, 0.05) is 16.4 Å². The minimum absolute atomic E-state index is 0.161. The number of rotatable bonds is 9. The number of hydrogen-bond donors (Lipinski definition) is 0. The Balaban J connectivity index is 2.29. The van der Waals surface area contributed by atoms with Crippen LogP contribution in [0.1, 0.15) is 50.7 Å². The molecule has 1 aromatic carbocycles. The zero-order chi connectivity index (χ0) is 13.2. The molecule has 0 bridgehead atoms. The van der Waals surface area contributed by atoms with Crippen LogP contribution in [0, 0.1) is 0 Å². The first-order valence-electron chi connectivity index (χ1n) is 6.71. The first-order chi connectivity index (χ1) is 8.77. The summed E-state index contributed by atoms with van der Waals surface area (Å²) >= 11 is 7.03. The van der Waals surface area contributed by atoms with Crippen LogP contribution >= 0.6 is 31.9 Å². The van der Waals surface area contributed by atoms with Gasteiger partial charge in [0.1, 0.15) is 0 Å². The van der Waals surface area contributed by atoms with Crippen LogP contribution in [0.25, 0.3) is 0 Å². The molecule has 0 aromatic heterocycles. The van der Waals surface area contributed by atoms with Crippen LogP contribution in [-0.4, -0.2) is 11.9 Å². The molecule has 102 valence electrons. The summed E-state index contributed by atoms with van der Waals surface area (Å²) in [7, 11) is 0. The van der Waals surface area contributed by atoms with Crippen LogP contribution in [-0.2, 0) is 4.74 Å². The van der Waals surface area contributed by atoms with Crippen LogP contribution in [0.15, 0.2) is 28.7 Å². The number of hydrogen-bond acceptors (Lipinski definition) is 1. The molecule has 0 aliphatic heterocycles. The third-order valence-electron chi connectivity index (χ3n) is 2.93. The van der Waals surface area contributed by atoms with E-state index in [0.29, 0.717) is 0 Å². The number of benzene rings is 1. The molecule has 3 heteroatoms. The summed E-state index contributed by atoms with van der Waals surface area (Å²) in [6.45, 7) is 3.09. The fraction of sp³-hybridized carbons (Fsp3) is 0.600. The smallest absolute Gasteiger partial charge is 0.0922 e. The van der Waals surface area contributed by atoms with Gasteiger partial charge in [-0.05, 0) is 24.1 Å². The zero-order valence-electron chi connectivity index (χ0n) is 11.0. The highest BCUT2D eigenvalue weighted by Gasteiger charge is 2.10. The molecule has 18 heavy (non-hydrogen) atoms. The van der Waals surface area contributed by atoms with Gasteiger partial charge in [0.25, 0.3) is 0 Å². The molecule has 0 N–H and O–H groups in total. The molecule has 0 saturated heterocycles. The van der Waals surface area contributed by atoms with Crippen molar-refractivity contribution in [2.75, 3.05) is 11.9 Å². The summed E-state index contributed by atoms with van der Waals surface area (Å²) in [6.07, 6.45) is 6.57. The van der Waals surface area contributed by atoms with Crippen molar-refractivity contribution in [3.8, 4) is 0 Å². The van der Waals surface area contributed by atoms with Crippen LogP contribution in [0.3, 0.4) is 0 Å². The van der Waals surface area contributed by atoms with E-state index in [1.807, 2.05) is 6.07 Å². The molecule has 0 radical (unpaired) electrons. The molecule has 1 atom stereocenters. The summed E-state index contributed by atoms with van der Waals surface area (Å²) in [5.41, 5.74) is 1.23. The Morgan fingerprint density at radius 3 is 2.61 bits per heavy atom. The van der Waals surface area contributed by atoms with E-state index in [0.717, 1.165) is 22.8 Å².